The van der Waals surface area contributed by atoms with E-state index in [1.54, 1.807) is 0 Å². The average molecular weight is 261 g/mol. The van der Waals surface area contributed by atoms with Gasteiger partial charge in [-0.25, -0.2) is 0 Å². The van der Waals surface area contributed by atoms with E-state index in [0.717, 1.165) is 0 Å². The Morgan fingerprint density at radius 2 is 1.94 bits per heavy atom. The van der Waals surface area contributed by atoms with Crippen molar-refractivity contribution in [1.29, 1.82) is 0 Å². The molecule has 0 aromatic heterocycles. The number of hydrogen-bond donors (Lipinski definition) is 2. The van der Waals surface area contributed by atoms with Crippen LogP contribution in [-0.2, 0) is 0 Å². The van der Waals surface area contributed by atoms with Crippen molar-refractivity contribution in [2.45, 2.75) is 26.8 Å². The summed E-state index contributed by atoms with van der Waals surface area (Å²) in [6.45, 7) is 5.74. The van der Waals surface area contributed by atoms with E-state index >= 15 is 0 Å². The number of phenols is 1. The van der Waals surface area contributed by atoms with Crippen LogP contribution in [0.1, 0.15) is 32.4 Å². The number of nitro benzene ring substituents is 1. The number of halogens is 1. The molecule has 1 aromatic rings. The van der Waals surface area contributed by atoms with Gasteiger partial charge in [-0.1, -0.05) is 20.8 Å². The fraction of sp³-hybridized carbons (Fsp3) is 0.455. The van der Waals surface area contributed by atoms with Crippen molar-refractivity contribution in [2.75, 3.05) is 0 Å². The summed E-state index contributed by atoms with van der Waals surface area (Å²) in [5.41, 5.74) is 6.03. The number of non-ortho nitro benzene ring substituents is 1. The van der Waals surface area contributed by atoms with Gasteiger partial charge >= 0.3 is 0 Å². The fourth-order valence-electron chi connectivity index (χ4n) is 1.37. The van der Waals surface area contributed by atoms with Gasteiger partial charge in [-0.2, -0.15) is 0 Å². The van der Waals surface area contributed by atoms with Crippen LogP contribution in [0.25, 0.3) is 0 Å². The lowest BCUT2D eigenvalue weighted by Gasteiger charge is -2.27. The molecule has 3 N–H and O–H groups in total. The Bertz CT molecular complexity index is 416. The number of aromatic hydroxyl groups is 1. The van der Waals surface area contributed by atoms with Gasteiger partial charge in [0.25, 0.3) is 5.69 Å². The van der Waals surface area contributed by atoms with E-state index in [1.165, 1.54) is 18.2 Å². The number of nitrogens with two attached hydrogens (primary N) is 1. The minimum atomic E-state index is -0.502. The molecule has 0 unspecified atom stereocenters. The molecule has 0 amide bonds. The third-order valence-electron chi connectivity index (χ3n) is 2.49. The maximum Gasteiger partial charge on any atom is 0.270 e. The molecule has 0 spiro atoms. The zero-order chi connectivity index (χ0) is 12.5. The number of hydrogen-bond acceptors (Lipinski definition) is 4. The molecule has 0 saturated carbocycles. The Balaban J connectivity index is 0.00000256. The molecule has 0 aliphatic rings. The van der Waals surface area contributed by atoms with Crippen molar-refractivity contribution in [1.82, 2.24) is 0 Å². The summed E-state index contributed by atoms with van der Waals surface area (Å²) in [4.78, 5) is 10.1. The molecule has 0 aliphatic carbocycles. The number of phenolic OH excluding ortho intramolecular Hbond substituents is 1. The predicted octanol–water partition coefficient (Wildman–Crippen LogP) is 2.77. The van der Waals surface area contributed by atoms with Crippen LogP contribution in [0.3, 0.4) is 0 Å². The number of nitrogens with zero attached hydrogens (tertiary/aromatic N) is 1. The normalized spacial score (nSPS) is 12.7. The Kier molecular flexibility index (Phi) is 4.92. The van der Waals surface area contributed by atoms with E-state index in [0.29, 0.717) is 5.56 Å². The first-order chi connectivity index (χ1) is 7.23. The number of rotatable bonds is 2. The van der Waals surface area contributed by atoms with Gasteiger partial charge in [-0.3, -0.25) is 10.1 Å². The van der Waals surface area contributed by atoms with Crippen molar-refractivity contribution >= 4 is 18.1 Å². The lowest BCUT2D eigenvalue weighted by molar-refractivity contribution is -0.385. The molecule has 0 radical (unpaired) electrons. The van der Waals surface area contributed by atoms with Crippen molar-refractivity contribution in [3.05, 3.63) is 33.9 Å². The quantitative estimate of drug-likeness (QED) is 0.632. The second kappa shape index (κ2) is 5.33. The smallest absolute Gasteiger partial charge is 0.270 e. The van der Waals surface area contributed by atoms with Crippen molar-refractivity contribution in [3.63, 3.8) is 0 Å². The summed E-state index contributed by atoms with van der Waals surface area (Å²) in [5, 5.41) is 20.3. The highest BCUT2D eigenvalue weighted by atomic mass is 35.5. The highest BCUT2D eigenvalue weighted by Crippen LogP contribution is 2.36. The standard InChI is InChI=1S/C11H16N2O3.ClH/c1-11(2,3)10(12)8-6-7(13(15)16)4-5-9(8)14;/h4-6,10,14H,12H2,1-3H3;1H/t10-;/m1./s1. The zero-order valence-corrected chi connectivity index (χ0v) is 10.8. The SMILES string of the molecule is CC(C)(C)[C@H](N)c1cc([N+](=O)[O-])ccc1O.Cl. The largest absolute Gasteiger partial charge is 0.508 e. The van der Waals surface area contributed by atoms with Gasteiger partial charge in [0.15, 0.2) is 0 Å². The average Bonchev–Trinajstić information content (AvgIpc) is 2.15. The van der Waals surface area contributed by atoms with Gasteiger partial charge in [0.05, 0.1) is 4.92 Å². The van der Waals surface area contributed by atoms with Crippen LogP contribution in [0.15, 0.2) is 18.2 Å². The first-order valence-electron chi connectivity index (χ1n) is 4.96. The van der Waals surface area contributed by atoms with E-state index in [-0.39, 0.29) is 29.3 Å². The van der Waals surface area contributed by atoms with E-state index in [9.17, 15) is 15.2 Å². The Hall–Kier alpha value is -1.33. The summed E-state index contributed by atoms with van der Waals surface area (Å²) in [7, 11) is 0. The summed E-state index contributed by atoms with van der Waals surface area (Å²) in [6, 6.07) is 3.44. The maximum absolute atomic E-state index is 10.6. The summed E-state index contributed by atoms with van der Waals surface area (Å²) < 4.78 is 0. The molecule has 1 atom stereocenters. The van der Waals surface area contributed by atoms with Gasteiger partial charge in [-0.05, 0) is 11.5 Å². The van der Waals surface area contributed by atoms with Crippen LogP contribution in [0.5, 0.6) is 5.75 Å². The lowest BCUT2D eigenvalue weighted by atomic mass is 9.82. The first kappa shape index (κ1) is 15.7. The molecule has 17 heavy (non-hydrogen) atoms. The minimum Gasteiger partial charge on any atom is -0.508 e. The zero-order valence-electron chi connectivity index (χ0n) is 10.0. The van der Waals surface area contributed by atoms with E-state index < -0.39 is 11.0 Å². The topological polar surface area (TPSA) is 89.4 Å². The van der Waals surface area contributed by atoms with E-state index in [4.69, 9.17) is 5.73 Å². The molecule has 0 aliphatic heterocycles. The molecular formula is C11H17ClN2O3. The van der Waals surface area contributed by atoms with Crippen LogP contribution in [-0.4, -0.2) is 10.0 Å². The van der Waals surface area contributed by atoms with Crippen LogP contribution >= 0.6 is 12.4 Å². The number of nitro groups is 1. The monoisotopic (exact) mass is 260 g/mol. The van der Waals surface area contributed by atoms with Crippen molar-refractivity contribution in [3.8, 4) is 5.75 Å². The molecule has 96 valence electrons. The molecule has 0 saturated heterocycles. The van der Waals surface area contributed by atoms with Gasteiger partial charge in [0.1, 0.15) is 5.75 Å². The lowest BCUT2D eigenvalue weighted by Crippen LogP contribution is -2.26. The Morgan fingerprint density at radius 3 is 2.35 bits per heavy atom. The van der Waals surface area contributed by atoms with Gasteiger partial charge < -0.3 is 10.8 Å². The Labute approximate surface area is 106 Å². The third-order valence-corrected chi connectivity index (χ3v) is 2.49. The van der Waals surface area contributed by atoms with Gasteiger partial charge in [0.2, 0.25) is 0 Å². The van der Waals surface area contributed by atoms with Crippen LogP contribution < -0.4 is 5.73 Å². The summed E-state index contributed by atoms with van der Waals surface area (Å²) >= 11 is 0. The van der Waals surface area contributed by atoms with Crippen molar-refractivity contribution in [2.24, 2.45) is 11.1 Å². The fourth-order valence-corrected chi connectivity index (χ4v) is 1.37. The Morgan fingerprint density at radius 1 is 1.41 bits per heavy atom. The van der Waals surface area contributed by atoms with E-state index in [2.05, 4.69) is 0 Å². The van der Waals surface area contributed by atoms with Crippen LogP contribution in [0.4, 0.5) is 5.69 Å². The molecular weight excluding hydrogens is 244 g/mol. The molecule has 0 heterocycles. The summed E-state index contributed by atoms with van der Waals surface area (Å²) in [5.74, 6) is -0.00646. The molecule has 5 nitrogen and oxygen atoms in total. The molecule has 1 aromatic carbocycles. The first-order valence-corrected chi connectivity index (χ1v) is 4.96. The molecule has 0 fully saturated rings. The number of benzene rings is 1. The second-order valence-electron chi connectivity index (χ2n) is 4.84. The second-order valence-corrected chi connectivity index (χ2v) is 4.84. The van der Waals surface area contributed by atoms with Gasteiger partial charge in [0, 0.05) is 23.7 Å². The highest BCUT2D eigenvalue weighted by Gasteiger charge is 2.26. The summed E-state index contributed by atoms with van der Waals surface area (Å²) in [6.07, 6.45) is 0. The maximum atomic E-state index is 10.6. The van der Waals surface area contributed by atoms with Gasteiger partial charge in [-0.15, -0.1) is 12.4 Å². The molecule has 0 bridgehead atoms. The highest BCUT2D eigenvalue weighted by molar-refractivity contribution is 5.85. The molecule has 1 rings (SSSR count). The van der Waals surface area contributed by atoms with E-state index in [1.807, 2.05) is 20.8 Å². The van der Waals surface area contributed by atoms with Crippen LogP contribution in [0.2, 0.25) is 0 Å². The molecule has 6 heteroatoms. The van der Waals surface area contributed by atoms with Crippen molar-refractivity contribution < 1.29 is 10.0 Å². The minimum absolute atomic E-state index is 0. The van der Waals surface area contributed by atoms with Crippen LogP contribution in [0, 0.1) is 15.5 Å². The third kappa shape index (κ3) is 3.57. The predicted molar refractivity (Wildman–Crippen MR) is 68.4 cm³/mol.